The maximum absolute atomic E-state index is 12.3. The highest BCUT2D eigenvalue weighted by molar-refractivity contribution is 7.92. The molecule has 2 rings (SSSR count). The third-order valence-electron chi connectivity index (χ3n) is 2.90. The van der Waals surface area contributed by atoms with Gasteiger partial charge in [0, 0.05) is 24.6 Å². The van der Waals surface area contributed by atoms with E-state index in [0.717, 1.165) is 5.56 Å². The van der Waals surface area contributed by atoms with Gasteiger partial charge in [0.05, 0.1) is 18.5 Å². The zero-order valence-corrected chi connectivity index (χ0v) is 12.2. The van der Waals surface area contributed by atoms with Crippen LogP contribution in [-0.4, -0.2) is 23.1 Å². The minimum absolute atomic E-state index is 0.130. The largest absolute Gasteiger partial charge is 0.390 e. The lowest BCUT2D eigenvalue weighted by Gasteiger charge is -2.06. The summed E-state index contributed by atoms with van der Waals surface area (Å²) in [7, 11) is -3.67. The van der Waals surface area contributed by atoms with E-state index >= 15 is 0 Å². The van der Waals surface area contributed by atoms with Crippen LogP contribution in [-0.2, 0) is 23.2 Å². The molecule has 108 valence electrons. The third-order valence-corrected chi connectivity index (χ3v) is 4.25. The Morgan fingerprint density at radius 3 is 2.65 bits per heavy atom. The smallest absolute Gasteiger partial charge is 0.263 e. The van der Waals surface area contributed by atoms with Crippen LogP contribution in [0.5, 0.6) is 0 Å². The van der Waals surface area contributed by atoms with Crippen LogP contribution in [0.15, 0.2) is 35.6 Å². The second-order valence-electron chi connectivity index (χ2n) is 4.47. The summed E-state index contributed by atoms with van der Waals surface area (Å²) in [6.45, 7) is 4.11. The summed E-state index contributed by atoms with van der Waals surface area (Å²) < 4.78 is 28.7. The first kappa shape index (κ1) is 14.5. The molecule has 0 saturated heterocycles. The van der Waals surface area contributed by atoms with Gasteiger partial charge >= 0.3 is 0 Å². The van der Waals surface area contributed by atoms with Gasteiger partial charge in [-0.05, 0) is 31.5 Å². The number of aliphatic hydroxyl groups excluding tert-OH is 1. The summed E-state index contributed by atoms with van der Waals surface area (Å²) in [5.74, 6) is 0. The summed E-state index contributed by atoms with van der Waals surface area (Å²) in [6, 6.07) is 3.17. The van der Waals surface area contributed by atoms with Crippen LogP contribution in [0.4, 0.5) is 5.69 Å². The number of sulfonamides is 1. The normalized spacial score (nSPS) is 11.6. The van der Waals surface area contributed by atoms with Crippen molar-refractivity contribution in [2.75, 3.05) is 4.72 Å². The van der Waals surface area contributed by atoms with Crippen LogP contribution in [0.1, 0.15) is 18.2 Å². The SMILES string of the molecule is CCn1cc(S(=O)(=O)Nc2cncc(C)c2)cc1CO. The van der Waals surface area contributed by atoms with Gasteiger partial charge in [-0.25, -0.2) is 8.42 Å². The molecule has 0 aliphatic rings. The maximum atomic E-state index is 12.3. The topological polar surface area (TPSA) is 84.2 Å². The fraction of sp³-hybridized carbons (Fsp3) is 0.308. The first-order valence-corrected chi connectivity index (χ1v) is 7.69. The number of nitrogens with one attached hydrogen (secondary N) is 1. The maximum Gasteiger partial charge on any atom is 0.263 e. The molecular weight excluding hydrogens is 278 g/mol. The van der Waals surface area contributed by atoms with Gasteiger partial charge in [0.15, 0.2) is 0 Å². The number of pyridine rings is 1. The summed E-state index contributed by atoms with van der Waals surface area (Å²) >= 11 is 0. The molecule has 20 heavy (non-hydrogen) atoms. The summed E-state index contributed by atoms with van der Waals surface area (Å²) in [4.78, 5) is 4.07. The fourth-order valence-corrected chi connectivity index (χ4v) is 3.02. The summed E-state index contributed by atoms with van der Waals surface area (Å²) in [5, 5.41) is 9.21. The minimum atomic E-state index is -3.67. The number of aryl methyl sites for hydroxylation is 2. The van der Waals surface area contributed by atoms with E-state index in [4.69, 9.17) is 0 Å². The van der Waals surface area contributed by atoms with Gasteiger partial charge < -0.3 is 9.67 Å². The number of hydrogen-bond donors (Lipinski definition) is 2. The Morgan fingerprint density at radius 1 is 1.35 bits per heavy atom. The number of anilines is 1. The molecule has 0 aliphatic heterocycles. The van der Waals surface area contributed by atoms with Crippen molar-refractivity contribution in [2.45, 2.75) is 31.9 Å². The van der Waals surface area contributed by atoms with Crippen LogP contribution in [0.2, 0.25) is 0 Å². The van der Waals surface area contributed by atoms with E-state index in [9.17, 15) is 13.5 Å². The molecule has 0 saturated carbocycles. The lowest BCUT2D eigenvalue weighted by atomic mass is 10.3. The lowest BCUT2D eigenvalue weighted by Crippen LogP contribution is -2.12. The van der Waals surface area contributed by atoms with E-state index in [1.807, 2.05) is 13.8 Å². The number of rotatable bonds is 5. The molecule has 7 heteroatoms. The highest BCUT2D eigenvalue weighted by Gasteiger charge is 2.18. The predicted molar refractivity (Wildman–Crippen MR) is 75.8 cm³/mol. The summed E-state index contributed by atoms with van der Waals surface area (Å²) in [6.07, 6.45) is 4.61. The second-order valence-corrected chi connectivity index (χ2v) is 6.15. The monoisotopic (exact) mass is 295 g/mol. The molecule has 0 aliphatic carbocycles. The fourth-order valence-electron chi connectivity index (χ4n) is 1.92. The Balaban J connectivity index is 2.33. The van der Waals surface area contributed by atoms with Crippen LogP contribution in [0.3, 0.4) is 0 Å². The van der Waals surface area contributed by atoms with Crippen LogP contribution in [0.25, 0.3) is 0 Å². The molecule has 0 aromatic carbocycles. The zero-order chi connectivity index (χ0) is 14.8. The molecule has 0 radical (unpaired) electrons. The van der Waals surface area contributed by atoms with Crippen molar-refractivity contribution in [3.05, 3.63) is 42.0 Å². The first-order chi connectivity index (χ1) is 9.46. The minimum Gasteiger partial charge on any atom is -0.390 e. The predicted octanol–water partition coefficient (Wildman–Crippen LogP) is 1.50. The van der Waals surface area contributed by atoms with E-state index in [2.05, 4.69) is 9.71 Å². The van der Waals surface area contributed by atoms with Gasteiger partial charge in [0.25, 0.3) is 10.0 Å². The molecule has 0 fully saturated rings. The average Bonchev–Trinajstić information content (AvgIpc) is 2.82. The standard InChI is InChI=1S/C13H17N3O3S/c1-3-16-8-13(5-12(16)9-17)20(18,19)15-11-4-10(2)6-14-7-11/h4-8,15,17H,3,9H2,1-2H3. The van der Waals surface area contributed by atoms with Crippen LogP contribution >= 0.6 is 0 Å². The molecule has 0 unspecified atom stereocenters. The highest BCUT2D eigenvalue weighted by Crippen LogP contribution is 2.19. The average molecular weight is 295 g/mol. The van der Waals surface area contributed by atoms with Crippen molar-refractivity contribution in [1.82, 2.24) is 9.55 Å². The van der Waals surface area contributed by atoms with Gasteiger partial charge in [-0.15, -0.1) is 0 Å². The first-order valence-electron chi connectivity index (χ1n) is 6.20. The van der Waals surface area contributed by atoms with Crippen LogP contribution < -0.4 is 4.72 Å². The molecule has 6 nitrogen and oxygen atoms in total. The van der Waals surface area contributed by atoms with E-state index in [0.29, 0.717) is 17.9 Å². The van der Waals surface area contributed by atoms with Gasteiger partial charge in [0.1, 0.15) is 4.90 Å². The van der Waals surface area contributed by atoms with Gasteiger partial charge in [0.2, 0.25) is 0 Å². The van der Waals surface area contributed by atoms with Crippen molar-refractivity contribution in [3.63, 3.8) is 0 Å². The van der Waals surface area contributed by atoms with Gasteiger partial charge in [-0.1, -0.05) is 0 Å². The summed E-state index contributed by atoms with van der Waals surface area (Å²) in [5.41, 5.74) is 1.85. The third kappa shape index (κ3) is 3.00. The van der Waals surface area contributed by atoms with Crippen molar-refractivity contribution >= 4 is 15.7 Å². The molecular formula is C13H17N3O3S. The zero-order valence-electron chi connectivity index (χ0n) is 11.4. The highest BCUT2D eigenvalue weighted by atomic mass is 32.2. The molecule has 2 aromatic heterocycles. The number of aromatic nitrogens is 2. The molecule has 0 spiro atoms. The number of aliphatic hydroxyl groups is 1. The van der Waals surface area contributed by atoms with E-state index < -0.39 is 10.0 Å². The van der Waals surface area contributed by atoms with Crippen LogP contribution in [0, 0.1) is 6.92 Å². The van der Waals surface area contributed by atoms with Gasteiger partial charge in [-0.3, -0.25) is 9.71 Å². The van der Waals surface area contributed by atoms with Crippen molar-refractivity contribution in [1.29, 1.82) is 0 Å². The Hall–Kier alpha value is -1.86. The molecule has 0 atom stereocenters. The quantitative estimate of drug-likeness (QED) is 0.875. The van der Waals surface area contributed by atoms with Crippen molar-refractivity contribution < 1.29 is 13.5 Å². The number of nitrogens with zero attached hydrogens (tertiary/aromatic N) is 2. The Bertz CT molecular complexity index is 686. The molecule has 0 amide bonds. The van der Waals surface area contributed by atoms with E-state index in [1.165, 1.54) is 18.5 Å². The Kier molecular flexibility index (Phi) is 4.10. The lowest BCUT2D eigenvalue weighted by molar-refractivity contribution is 0.271. The molecule has 2 aromatic rings. The van der Waals surface area contributed by atoms with Crippen molar-refractivity contribution in [3.8, 4) is 0 Å². The molecule has 2 heterocycles. The second kappa shape index (κ2) is 5.64. The van der Waals surface area contributed by atoms with E-state index in [-0.39, 0.29) is 11.5 Å². The number of hydrogen-bond acceptors (Lipinski definition) is 4. The van der Waals surface area contributed by atoms with Crippen molar-refractivity contribution in [2.24, 2.45) is 0 Å². The van der Waals surface area contributed by atoms with E-state index in [1.54, 1.807) is 16.8 Å². The van der Waals surface area contributed by atoms with Gasteiger partial charge in [-0.2, -0.15) is 0 Å². The Labute approximate surface area is 118 Å². The Morgan fingerprint density at radius 2 is 2.10 bits per heavy atom. The molecule has 0 bridgehead atoms. The molecule has 2 N–H and O–H groups in total.